The summed E-state index contributed by atoms with van der Waals surface area (Å²) in [6.07, 6.45) is 9.64. The van der Waals surface area contributed by atoms with E-state index >= 15 is 0 Å². The lowest BCUT2D eigenvalue weighted by Crippen LogP contribution is -2.61. The van der Waals surface area contributed by atoms with Crippen molar-refractivity contribution in [3.63, 3.8) is 0 Å². The molecule has 214 valence electrons. The van der Waals surface area contributed by atoms with Crippen molar-refractivity contribution in [2.24, 2.45) is 11.7 Å². The molecule has 10 nitrogen and oxygen atoms in total. The number of nitrogen functional groups attached to an aromatic ring is 1. The van der Waals surface area contributed by atoms with Gasteiger partial charge < -0.3 is 35.6 Å². The Bertz CT molecular complexity index is 1360. The van der Waals surface area contributed by atoms with Crippen LogP contribution in [0.2, 0.25) is 0 Å². The summed E-state index contributed by atoms with van der Waals surface area (Å²) < 4.78 is 20.5. The predicted molar refractivity (Wildman–Crippen MR) is 153 cm³/mol. The Morgan fingerprint density at radius 2 is 2.10 bits per heavy atom. The maximum atomic E-state index is 12.0. The summed E-state index contributed by atoms with van der Waals surface area (Å²) in [7, 11) is 0. The number of primary amides is 1. The van der Waals surface area contributed by atoms with Gasteiger partial charge in [-0.2, -0.15) is 0 Å². The number of morpholine rings is 1. The molecule has 0 radical (unpaired) electrons. The molecule has 3 aromatic rings. The maximum absolute atomic E-state index is 12.0. The highest BCUT2D eigenvalue weighted by molar-refractivity contribution is 6.00. The Morgan fingerprint density at radius 3 is 2.88 bits per heavy atom. The standard InChI is InChI=1S/C30H40N6O4/c1-30(2)16-33-26(28(32)37)24(40-30)12-18-10-20(11-18)36-14-23(25-27(31)34-17-35-29(25)36)19-6-5-8-21(13-19)39-15-22-7-3-4-9-38-22/h5-6,8,13-14,17-18,20,22,24,26,33H,3-4,7,9-12,15-16H2,1-2H3,(H2,32,37)(H2,31,34,35)/t18?,20?,22?,24?,26-/m0/s1. The van der Waals surface area contributed by atoms with Crippen LogP contribution in [0.15, 0.2) is 36.8 Å². The van der Waals surface area contributed by atoms with Crippen molar-refractivity contribution in [1.82, 2.24) is 19.9 Å². The lowest BCUT2D eigenvalue weighted by Gasteiger charge is -2.45. The summed E-state index contributed by atoms with van der Waals surface area (Å²) in [4.78, 5) is 21.0. The fourth-order valence-corrected chi connectivity index (χ4v) is 6.41. The zero-order valence-electron chi connectivity index (χ0n) is 23.3. The van der Waals surface area contributed by atoms with Crippen LogP contribution in [0.25, 0.3) is 22.2 Å². The summed E-state index contributed by atoms with van der Waals surface area (Å²) in [5, 5.41) is 4.14. The van der Waals surface area contributed by atoms with E-state index in [1.54, 1.807) is 0 Å². The number of aromatic nitrogens is 3. The van der Waals surface area contributed by atoms with Gasteiger partial charge in [0.1, 0.15) is 36.2 Å². The summed E-state index contributed by atoms with van der Waals surface area (Å²) in [5.74, 6) is 1.33. The van der Waals surface area contributed by atoms with E-state index in [1.807, 2.05) is 26.0 Å². The molecule has 1 amide bonds. The van der Waals surface area contributed by atoms with Crippen LogP contribution in [-0.2, 0) is 14.3 Å². The van der Waals surface area contributed by atoms with E-state index in [9.17, 15) is 4.79 Å². The van der Waals surface area contributed by atoms with Crippen molar-refractivity contribution < 1.29 is 19.0 Å². The molecule has 1 aromatic carbocycles. The van der Waals surface area contributed by atoms with Gasteiger partial charge in [-0.05, 0) is 76.0 Å². The second-order valence-electron chi connectivity index (χ2n) is 12.1. The molecule has 0 bridgehead atoms. The number of nitrogens with one attached hydrogen (secondary N) is 1. The number of ether oxygens (including phenoxy) is 3. The van der Waals surface area contributed by atoms with Crippen molar-refractivity contribution in [2.45, 2.75) is 82.3 Å². The van der Waals surface area contributed by atoms with E-state index in [0.717, 1.165) is 66.6 Å². The highest BCUT2D eigenvalue weighted by atomic mass is 16.5. The van der Waals surface area contributed by atoms with Gasteiger partial charge in [0.25, 0.3) is 0 Å². The Balaban J connectivity index is 1.19. The molecule has 3 aliphatic rings. The quantitative estimate of drug-likeness (QED) is 0.388. The number of carbonyl (C=O) groups is 1. The van der Waals surface area contributed by atoms with Crippen LogP contribution in [0, 0.1) is 5.92 Å². The van der Waals surface area contributed by atoms with Crippen molar-refractivity contribution in [3.05, 3.63) is 36.8 Å². The van der Waals surface area contributed by atoms with Crippen molar-refractivity contribution in [2.75, 3.05) is 25.5 Å². The summed E-state index contributed by atoms with van der Waals surface area (Å²) in [6, 6.07) is 7.91. The largest absolute Gasteiger partial charge is 0.491 e. The van der Waals surface area contributed by atoms with Gasteiger partial charge in [0.2, 0.25) is 5.91 Å². The van der Waals surface area contributed by atoms with Crippen LogP contribution < -0.4 is 21.5 Å². The normalized spacial score (nSPS) is 28.2. The third-order valence-electron chi connectivity index (χ3n) is 8.56. The van der Waals surface area contributed by atoms with E-state index in [1.165, 1.54) is 12.7 Å². The lowest BCUT2D eigenvalue weighted by atomic mass is 9.75. The summed E-state index contributed by atoms with van der Waals surface area (Å²) in [5.41, 5.74) is 14.6. The van der Waals surface area contributed by atoms with Gasteiger partial charge in [-0.25, -0.2) is 9.97 Å². The minimum Gasteiger partial charge on any atom is -0.491 e. The number of fused-ring (bicyclic) bond motifs is 1. The molecular weight excluding hydrogens is 508 g/mol. The molecule has 1 saturated carbocycles. The maximum Gasteiger partial charge on any atom is 0.237 e. The van der Waals surface area contributed by atoms with Gasteiger partial charge in [0, 0.05) is 31.0 Å². The topological polar surface area (TPSA) is 140 Å². The predicted octanol–water partition coefficient (Wildman–Crippen LogP) is 3.59. The second kappa shape index (κ2) is 11.0. The third kappa shape index (κ3) is 5.53. The van der Waals surface area contributed by atoms with Crippen molar-refractivity contribution in [3.8, 4) is 16.9 Å². The molecule has 2 aromatic heterocycles. The fraction of sp³-hybridized carbons (Fsp3) is 0.567. The zero-order chi connectivity index (χ0) is 27.9. The molecule has 40 heavy (non-hydrogen) atoms. The molecule has 1 aliphatic carbocycles. The van der Waals surface area contributed by atoms with E-state index in [4.69, 9.17) is 25.7 Å². The van der Waals surface area contributed by atoms with Crippen LogP contribution in [0.1, 0.15) is 58.4 Å². The molecule has 2 saturated heterocycles. The molecule has 3 atom stereocenters. The van der Waals surface area contributed by atoms with E-state index in [-0.39, 0.29) is 29.8 Å². The number of rotatable bonds is 8. The number of hydrogen-bond donors (Lipinski definition) is 3. The number of amides is 1. The Kier molecular flexibility index (Phi) is 7.41. The monoisotopic (exact) mass is 548 g/mol. The zero-order valence-corrected chi connectivity index (χ0v) is 23.3. The van der Waals surface area contributed by atoms with Gasteiger partial charge in [-0.1, -0.05) is 12.1 Å². The van der Waals surface area contributed by atoms with E-state index < -0.39 is 6.04 Å². The number of anilines is 1. The Morgan fingerprint density at radius 1 is 1.25 bits per heavy atom. The smallest absolute Gasteiger partial charge is 0.237 e. The highest BCUT2D eigenvalue weighted by Gasteiger charge is 2.42. The first-order valence-corrected chi connectivity index (χ1v) is 14.4. The first-order valence-electron chi connectivity index (χ1n) is 14.4. The lowest BCUT2D eigenvalue weighted by molar-refractivity contribution is -0.147. The SMILES string of the molecule is CC1(C)CN[C@H](C(N)=O)C(CC2CC(n3cc(-c4cccc(OCC5CCCCO5)c4)c4c(N)ncnc43)C2)O1. The Labute approximate surface area is 234 Å². The van der Waals surface area contributed by atoms with Crippen LogP contribution in [0.3, 0.4) is 0 Å². The molecule has 10 heteroatoms. The van der Waals surface area contributed by atoms with Gasteiger partial charge in [0.15, 0.2) is 0 Å². The third-order valence-corrected chi connectivity index (χ3v) is 8.56. The number of nitrogens with two attached hydrogens (primary N) is 2. The summed E-state index contributed by atoms with van der Waals surface area (Å²) in [6.45, 7) is 6.03. The Hall–Kier alpha value is -3.21. The molecule has 5 N–H and O–H groups in total. The first kappa shape index (κ1) is 27.0. The van der Waals surface area contributed by atoms with Crippen LogP contribution in [0.5, 0.6) is 5.75 Å². The van der Waals surface area contributed by atoms with Gasteiger partial charge in [0.05, 0.1) is 23.2 Å². The number of benzene rings is 1. The number of hydrogen-bond acceptors (Lipinski definition) is 8. The molecule has 2 unspecified atom stereocenters. The highest BCUT2D eigenvalue weighted by Crippen LogP contribution is 2.45. The molecular formula is C30H40N6O4. The van der Waals surface area contributed by atoms with Crippen LogP contribution in [0.4, 0.5) is 5.82 Å². The van der Waals surface area contributed by atoms with Crippen LogP contribution in [-0.4, -0.2) is 64.1 Å². The average Bonchev–Trinajstić information content (AvgIpc) is 3.30. The van der Waals surface area contributed by atoms with Gasteiger partial charge >= 0.3 is 0 Å². The summed E-state index contributed by atoms with van der Waals surface area (Å²) >= 11 is 0. The van der Waals surface area contributed by atoms with Crippen LogP contribution >= 0.6 is 0 Å². The molecule has 3 fully saturated rings. The van der Waals surface area contributed by atoms with E-state index in [0.29, 0.717) is 24.9 Å². The van der Waals surface area contributed by atoms with E-state index in [2.05, 4.69) is 38.2 Å². The second-order valence-corrected chi connectivity index (χ2v) is 12.1. The van der Waals surface area contributed by atoms with Gasteiger partial charge in [-0.3, -0.25) is 4.79 Å². The van der Waals surface area contributed by atoms with Gasteiger partial charge in [-0.15, -0.1) is 0 Å². The fourth-order valence-electron chi connectivity index (χ4n) is 6.41. The number of carbonyl (C=O) groups excluding carboxylic acids is 1. The molecule has 0 spiro atoms. The minimum atomic E-state index is -0.460. The van der Waals surface area contributed by atoms with Crippen molar-refractivity contribution in [1.29, 1.82) is 0 Å². The molecule has 6 rings (SSSR count). The first-order chi connectivity index (χ1) is 19.3. The molecule has 2 aliphatic heterocycles. The van der Waals surface area contributed by atoms with Crippen molar-refractivity contribution >= 4 is 22.8 Å². The minimum absolute atomic E-state index is 0.147. The average molecular weight is 549 g/mol. The number of nitrogens with zero attached hydrogens (tertiary/aromatic N) is 3. The molecule has 4 heterocycles.